The Labute approximate surface area is 241 Å². The monoisotopic (exact) mass is 560 g/mol. The number of piperazine rings is 1. The minimum absolute atomic E-state index is 0.107. The number of aromatic nitrogens is 1. The number of amides is 2. The van der Waals surface area contributed by atoms with Crippen molar-refractivity contribution in [2.75, 3.05) is 50.6 Å². The smallest absolute Gasteiger partial charge is 0.410 e. The van der Waals surface area contributed by atoms with E-state index in [-0.39, 0.29) is 29.8 Å². The molecule has 3 aromatic rings. The molecule has 1 aromatic heterocycles. The number of nitrogens with two attached hydrogens (primary N) is 1. The number of carbonyl (C=O) groups is 2. The quantitative estimate of drug-likeness (QED) is 0.434. The van der Waals surface area contributed by atoms with Crippen LogP contribution in [0.15, 0.2) is 53.1 Å². The SMILES string of the molecule is COC(=O)N(Cc1cccc(-c2ccc(N3CCN(C)CC3)c(NC(=O)c3cc(C)on3)c2)c1)C1CCC(N)CC1. The van der Waals surface area contributed by atoms with E-state index in [9.17, 15) is 9.59 Å². The summed E-state index contributed by atoms with van der Waals surface area (Å²) in [5.41, 5.74) is 11.0. The number of hydrogen-bond donors (Lipinski definition) is 2. The summed E-state index contributed by atoms with van der Waals surface area (Å²) in [6, 6.07) is 16.3. The highest BCUT2D eigenvalue weighted by atomic mass is 16.5. The fraction of sp³-hybridized carbons (Fsp3) is 0.452. The van der Waals surface area contributed by atoms with Crippen LogP contribution in [0.3, 0.4) is 0 Å². The van der Waals surface area contributed by atoms with E-state index in [2.05, 4.69) is 45.5 Å². The molecule has 1 saturated carbocycles. The lowest BCUT2D eigenvalue weighted by Crippen LogP contribution is -2.44. The molecule has 0 unspecified atom stereocenters. The second-order valence-corrected chi connectivity index (χ2v) is 11.2. The second-order valence-electron chi connectivity index (χ2n) is 11.2. The molecular weight excluding hydrogens is 520 g/mol. The van der Waals surface area contributed by atoms with E-state index < -0.39 is 0 Å². The highest BCUT2D eigenvalue weighted by molar-refractivity contribution is 6.05. The highest BCUT2D eigenvalue weighted by Crippen LogP contribution is 2.33. The Hall–Kier alpha value is -3.89. The third-order valence-corrected chi connectivity index (χ3v) is 8.15. The van der Waals surface area contributed by atoms with Gasteiger partial charge in [-0.05, 0) is 74.5 Å². The van der Waals surface area contributed by atoms with Gasteiger partial charge < -0.3 is 35.0 Å². The van der Waals surface area contributed by atoms with Crippen LogP contribution in [-0.4, -0.2) is 79.4 Å². The maximum Gasteiger partial charge on any atom is 0.410 e. The number of carbonyl (C=O) groups excluding carboxylic acids is 2. The zero-order valence-corrected chi connectivity index (χ0v) is 24.1. The molecular formula is C31H40N6O4. The van der Waals surface area contributed by atoms with Crippen LogP contribution in [0, 0.1) is 6.92 Å². The van der Waals surface area contributed by atoms with Crippen LogP contribution in [0.4, 0.5) is 16.2 Å². The number of nitrogens with one attached hydrogen (secondary N) is 1. The molecule has 3 N–H and O–H groups in total. The predicted octanol–water partition coefficient (Wildman–Crippen LogP) is 4.49. The van der Waals surface area contributed by atoms with Gasteiger partial charge in [-0.3, -0.25) is 4.79 Å². The molecule has 41 heavy (non-hydrogen) atoms. The van der Waals surface area contributed by atoms with E-state index in [1.54, 1.807) is 13.0 Å². The number of anilines is 2. The molecule has 2 aliphatic rings. The molecule has 0 radical (unpaired) electrons. The second kappa shape index (κ2) is 12.7. The first-order chi connectivity index (χ1) is 19.8. The lowest BCUT2D eigenvalue weighted by atomic mass is 9.90. The largest absolute Gasteiger partial charge is 0.453 e. The number of nitrogens with zero attached hydrogens (tertiary/aromatic N) is 4. The maximum atomic E-state index is 13.1. The lowest BCUT2D eigenvalue weighted by molar-refractivity contribution is 0.0879. The van der Waals surface area contributed by atoms with Gasteiger partial charge in [0.2, 0.25) is 0 Å². The number of rotatable bonds is 7. The minimum atomic E-state index is -0.319. The van der Waals surface area contributed by atoms with Gasteiger partial charge in [0.05, 0.1) is 18.5 Å². The summed E-state index contributed by atoms with van der Waals surface area (Å²) in [6.45, 7) is 5.85. The Morgan fingerprint density at radius 2 is 1.78 bits per heavy atom. The van der Waals surface area contributed by atoms with Gasteiger partial charge in [0, 0.05) is 50.9 Å². The summed E-state index contributed by atoms with van der Waals surface area (Å²) >= 11 is 0. The fourth-order valence-electron chi connectivity index (χ4n) is 5.72. The molecule has 10 heteroatoms. The molecule has 0 atom stereocenters. The Morgan fingerprint density at radius 3 is 2.46 bits per heavy atom. The lowest BCUT2D eigenvalue weighted by Gasteiger charge is -2.35. The maximum absolute atomic E-state index is 13.1. The number of likely N-dealkylation sites (N-methyl/N-ethyl adjacent to an activating group) is 1. The summed E-state index contributed by atoms with van der Waals surface area (Å²) in [6.07, 6.45) is 3.23. The van der Waals surface area contributed by atoms with Crippen LogP contribution in [0.25, 0.3) is 11.1 Å². The van der Waals surface area contributed by atoms with E-state index in [4.69, 9.17) is 15.0 Å². The molecule has 2 heterocycles. The zero-order chi connectivity index (χ0) is 28.9. The first-order valence-corrected chi connectivity index (χ1v) is 14.3. The van der Waals surface area contributed by atoms with Gasteiger partial charge in [-0.15, -0.1) is 0 Å². The molecule has 0 bridgehead atoms. The van der Waals surface area contributed by atoms with Crippen molar-refractivity contribution in [3.05, 3.63) is 65.5 Å². The summed E-state index contributed by atoms with van der Waals surface area (Å²) in [5, 5.41) is 6.97. The van der Waals surface area contributed by atoms with E-state index in [1.807, 2.05) is 29.2 Å². The van der Waals surface area contributed by atoms with Crippen molar-refractivity contribution >= 4 is 23.4 Å². The summed E-state index contributed by atoms with van der Waals surface area (Å²) < 4.78 is 10.3. The molecule has 1 aliphatic carbocycles. The van der Waals surface area contributed by atoms with Gasteiger partial charge in [-0.2, -0.15) is 0 Å². The van der Waals surface area contributed by atoms with E-state index in [1.165, 1.54) is 7.11 Å². The van der Waals surface area contributed by atoms with Crippen LogP contribution in [-0.2, 0) is 11.3 Å². The average molecular weight is 561 g/mol. The van der Waals surface area contributed by atoms with Crippen molar-refractivity contribution in [2.24, 2.45) is 5.73 Å². The molecule has 2 aromatic carbocycles. The van der Waals surface area contributed by atoms with E-state index in [0.717, 1.165) is 79.9 Å². The van der Waals surface area contributed by atoms with Crippen molar-refractivity contribution < 1.29 is 18.8 Å². The summed E-state index contributed by atoms with van der Waals surface area (Å²) in [4.78, 5) is 32.2. The fourth-order valence-corrected chi connectivity index (χ4v) is 5.72. The Balaban J connectivity index is 1.42. The van der Waals surface area contributed by atoms with Crippen LogP contribution < -0.4 is 16.0 Å². The van der Waals surface area contributed by atoms with E-state index >= 15 is 0 Å². The van der Waals surface area contributed by atoms with Crippen LogP contribution in [0.2, 0.25) is 0 Å². The van der Waals surface area contributed by atoms with Gasteiger partial charge in [0.15, 0.2) is 5.69 Å². The van der Waals surface area contributed by atoms with Crippen molar-refractivity contribution in [3.63, 3.8) is 0 Å². The molecule has 2 amide bonds. The zero-order valence-electron chi connectivity index (χ0n) is 24.1. The van der Waals surface area contributed by atoms with Crippen LogP contribution >= 0.6 is 0 Å². The van der Waals surface area contributed by atoms with Crippen LogP contribution in [0.5, 0.6) is 0 Å². The Bertz CT molecular complexity index is 1360. The van der Waals surface area contributed by atoms with Crippen molar-refractivity contribution in [2.45, 2.75) is 51.2 Å². The number of methoxy groups -OCH3 is 1. The topological polar surface area (TPSA) is 117 Å². The molecule has 1 saturated heterocycles. The first kappa shape index (κ1) is 28.6. The molecule has 10 nitrogen and oxygen atoms in total. The number of hydrogen-bond acceptors (Lipinski definition) is 8. The van der Waals surface area contributed by atoms with Gasteiger partial charge >= 0.3 is 6.09 Å². The van der Waals surface area contributed by atoms with E-state index in [0.29, 0.717) is 12.3 Å². The van der Waals surface area contributed by atoms with Gasteiger partial charge in [0.25, 0.3) is 5.91 Å². The third kappa shape index (κ3) is 6.89. The Morgan fingerprint density at radius 1 is 1.05 bits per heavy atom. The average Bonchev–Trinajstić information content (AvgIpc) is 3.43. The minimum Gasteiger partial charge on any atom is -0.453 e. The van der Waals surface area contributed by atoms with Gasteiger partial charge in [0.1, 0.15) is 5.76 Å². The van der Waals surface area contributed by atoms with Crippen molar-refractivity contribution in [1.29, 1.82) is 0 Å². The van der Waals surface area contributed by atoms with Gasteiger partial charge in [-0.1, -0.05) is 29.4 Å². The molecule has 2 fully saturated rings. The first-order valence-electron chi connectivity index (χ1n) is 14.3. The van der Waals surface area contributed by atoms with Gasteiger partial charge in [-0.25, -0.2) is 4.79 Å². The van der Waals surface area contributed by atoms with Crippen LogP contribution in [0.1, 0.15) is 47.5 Å². The number of benzene rings is 2. The van der Waals surface area contributed by atoms with Crippen molar-refractivity contribution in [3.8, 4) is 11.1 Å². The number of aryl methyl sites for hydroxylation is 1. The standard InChI is InChI=1S/C31H40N6O4/c1-21-17-28(34-41-21)30(38)33-27-19-24(7-12-29(27)36-15-13-35(2)14-16-36)23-6-4-5-22(18-23)20-37(31(39)40-3)26-10-8-25(32)9-11-26/h4-7,12,17-19,25-26H,8-11,13-16,20,32H2,1-3H3,(H,33,38). The highest BCUT2D eigenvalue weighted by Gasteiger charge is 2.28. The molecule has 5 rings (SSSR count). The van der Waals surface area contributed by atoms with Crippen molar-refractivity contribution in [1.82, 2.24) is 15.0 Å². The predicted molar refractivity (Wildman–Crippen MR) is 159 cm³/mol. The Kier molecular flexibility index (Phi) is 8.90. The summed E-state index contributed by atoms with van der Waals surface area (Å²) in [7, 11) is 3.55. The third-order valence-electron chi connectivity index (χ3n) is 8.15. The molecule has 1 aliphatic heterocycles. The summed E-state index contributed by atoms with van der Waals surface area (Å²) in [5.74, 6) is 0.265. The molecule has 218 valence electrons. The molecule has 0 spiro atoms. The number of ether oxygens (including phenoxy) is 1. The normalized spacial score (nSPS) is 19.6.